The lowest BCUT2D eigenvalue weighted by atomic mass is 10.2. The minimum Gasteiger partial charge on any atom is -0.466 e. The third-order valence-corrected chi connectivity index (χ3v) is 2.96. The van der Waals surface area contributed by atoms with Gasteiger partial charge in [-0.1, -0.05) is 0 Å². The average Bonchev–Trinajstić information content (AvgIpc) is 2.40. The van der Waals surface area contributed by atoms with Gasteiger partial charge in [0.05, 0.1) is 19.3 Å². The number of methoxy groups -OCH3 is 1. The van der Waals surface area contributed by atoms with Gasteiger partial charge in [-0.05, 0) is 41.1 Å². The summed E-state index contributed by atoms with van der Waals surface area (Å²) in [6.45, 7) is 1.88. The molecule has 0 spiro atoms. The number of hydrogen-bond acceptors (Lipinski definition) is 5. The van der Waals surface area contributed by atoms with E-state index in [2.05, 4.69) is 30.7 Å². The minimum absolute atomic E-state index is 0.219. The van der Waals surface area contributed by atoms with E-state index in [1.54, 1.807) is 19.1 Å². The van der Waals surface area contributed by atoms with Crippen LogP contribution in [0.3, 0.4) is 0 Å². The molecule has 108 valence electrons. The van der Waals surface area contributed by atoms with Crippen LogP contribution in [0.1, 0.15) is 23.7 Å². The molecule has 1 aromatic carbocycles. The summed E-state index contributed by atoms with van der Waals surface area (Å²) in [5, 5.41) is 2.51. The first kappa shape index (κ1) is 16.2. The second kappa shape index (κ2) is 7.64. The summed E-state index contributed by atoms with van der Waals surface area (Å²) in [7, 11) is 1.26. The highest BCUT2D eigenvalue weighted by Crippen LogP contribution is 2.22. The van der Waals surface area contributed by atoms with E-state index in [1.807, 2.05) is 0 Å². The Kier molecular flexibility index (Phi) is 6.17. The van der Waals surface area contributed by atoms with Gasteiger partial charge in [0.1, 0.15) is 6.42 Å². The molecule has 0 saturated heterocycles. The zero-order chi connectivity index (χ0) is 15.1. The van der Waals surface area contributed by atoms with Gasteiger partial charge in [0.15, 0.2) is 0 Å². The van der Waals surface area contributed by atoms with Crippen LogP contribution in [0.2, 0.25) is 0 Å². The molecule has 1 N–H and O–H groups in total. The Morgan fingerprint density at radius 1 is 1.30 bits per heavy atom. The van der Waals surface area contributed by atoms with Gasteiger partial charge in [0.25, 0.3) is 0 Å². The van der Waals surface area contributed by atoms with E-state index < -0.39 is 17.8 Å². The SMILES string of the molecule is CCOC(=O)CC(=O)Nc1ccc(Br)c(C(=O)OC)c1. The third kappa shape index (κ3) is 4.65. The zero-order valence-corrected chi connectivity index (χ0v) is 12.7. The van der Waals surface area contributed by atoms with E-state index in [4.69, 9.17) is 0 Å². The van der Waals surface area contributed by atoms with Crippen molar-refractivity contribution in [3.63, 3.8) is 0 Å². The summed E-state index contributed by atoms with van der Waals surface area (Å²) in [5.74, 6) is -1.64. The fraction of sp³-hybridized carbons (Fsp3) is 0.308. The lowest BCUT2D eigenvalue weighted by molar-refractivity contribution is -0.145. The molecule has 6 nitrogen and oxygen atoms in total. The van der Waals surface area contributed by atoms with Gasteiger partial charge >= 0.3 is 11.9 Å². The van der Waals surface area contributed by atoms with Gasteiger partial charge in [-0.2, -0.15) is 0 Å². The third-order valence-electron chi connectivity index (χ3n) is 2.27. The molecule has 0 heterocycles. The summed E-state index contributed by atoms with van der Waals surface area (Å²) >= 11 is 3.21. The number of halogens is 1. The van der Waals surface area contributed by atoms with E-state index in [1.165, 1.54) is 13.2 Å². The first-order chi connectivity index (χ1) is 9.47. The Hall–Kier alpha value is -1.89. The van der Waals surface area contributed by atoms with Gasteiger partial charge < -0.3 is 14.8 Å². The molecule has 7 heteroatoms. The molecule has 1 amide bonds. The van der Waals surface area contributed by atoms with Crippen molar-refractivity contribution in [2.75, 3.05) is 19.0 Å². The van der Waals surface area contributed by atoms with Crippen molar-refractivity contribution in [1.29, 1.82) is 0 Å². The second-order valence-electron chi connectivity index (χ2n) is 3.72. The maximum atomic E-state index is 11.6. The molecule has 20 heavy (non-hydrogen) atoms. The maximum absolute atomic E-state index is 11.6. The number of hydrogen-bond donors (Lipinski definition) is 1. The topological polar surface area (TPSA) is 81.7 Å². The summed E-state index contributed by atoms with van der Waals surface area (Å²) in [6.07, 6.45) is -0.378. The molecule has 1 rings (SSSR count). The number of benzene rings is 1. The van der Waals surface area contributed by atoms with E-state index in [-0.39, 0.29) is 18.6 Å². The lowest BCUT2D eigenvalue weighted by Crippen LogP contribution is -2.18. The second-order valence-corrected chi connectivity index (χ2v) is 4.57. The van der Waals surface area contributed by atoms with Crippen molar-refractivity contribution in [3.05, 3.63) is 28.2 Å². The molecule has 0 aliphatic heterocycles. The van der Waals surface area contributed by atoms with Crippen molar-refractivity contribution >= 4 is 39.5 Å². The number of rotatable bonds is 5. The number of anilines is 1. The highest BCUT2D eigenvalue weighted by atomic mass is 79.9. The standard InChI is InChI=1S/C13H14BrNO5/c1-3-20-12(17)7-11(16)15-8-4-5-10(14)9(6-8)13(18)19-2/h4-6H,3,7H2,1-2H3,(H,15,16). The molecular formula is C13H14BrNO5. The highest BCUT2D eigenvalue weighted by Gasteiger charge is 2.14. The molecule has 0 aliphatic rings. The van der Waals surface area contributed by atoms with Gasteiger partial charge in [0, 0.05) is 10.2 Å². The number of ether oxygens (including phenoxy) is 2. The first-order valence-electron chi connectivity index (χ1n) is 5.81. The lowest BCUT2D eigenvalue weighted by Gasteiger charge is -2.08. The molecule has 1 aromatic rings. The number of amides is 1. The Bertz CT molecular complexity index is 529. The van der Waals surface area contributed by atoms with Crippen molar-refractivity contribution in [2.45, 2.75) is 13.3 Å². The predicted octanol–water partition coefficient (Wildman–Crippen LogP) is 2.13. The minimum atomic E-state index is -0.602. The smallest absolute Gasteiger partial charge is 0.339 e. The van der Waals surface area contributed by atoms with Crippen molar-refractivity contribution in [3.8, 4) is 0 Å². The van der Waals surface area contributed by atoms with E-state index in [0.29, 0.717) is 10.2 Å². The maximum Gasteiger partial charge on any atom is 0.339 e. The quantitative estimate of drug-likeness (QED) is 0.654. The number of carbonyl (C=O) groups is 3. The summed E-state index contributed by atoms with van der Waals surface area (Å²) < 4.78 is 9.83. The van der Waals surface area contributed by atoms with Gasteiger partial charge in [-0.3, -0.25) is 9.59 Å². The van der Waals surface area contributed by atoms with Crippen LogP contribution in [0.15, 0.2) is 22.7 Å². The van der Waals surface area contributed by atoms with Gasteiger partial charge in [-0.15, -0.1) is 0 Å². The molecular weight excluding hydrogens is 330 g/mol. The molecule has 0 unspecified atom stereocenters. The van der Waals surface area contributed by atoms with Crippen LogP contribution >= 0.6 is 15.9 Å². The van der Waals surface area contributed by atoms with Gasteiger partial charge in [-0.25, -0.2) is 4.79 Å². The normalized spacial score (nSPS) is 9.75. The highest BCUT2D eigenvalue weighted by molar-refractivity contribution is 9.10. The molecule has 0 saturated carbocycles. The van der Waals surface area contributed by atoms with Gasteiger partial charge in [0.2, 0.25) is 5.91 Å². The molecule has 0 radical (unpaired) electrons. The summed E-state index contributed by atoms with van der Waals surface area (Å²) in [4.78, 5) is 34.2. The van der Waals surface area contributed by atoms with Crippen LogP contribution < -0.4 is 5.32 Å². The predicted molar refractivity (Wildman–Crippen MR) is 75.4 cm³/mol. The molecule has 0 bridgehead atoms. The average molecular weight is 344 g/mol. The number of nitrogens with one attached hydrogen (secondary N) is 1. The Morgan fingerprint density at radius 3 is 2.60 bits per heavy atom. The molecule has 0 atom stereocenters. The Morgan fingerprint density at radius 2 is 2.00 bits per heavy atom. The summed E-state index contributed by atoms with van der Waals surface area (Å²) in [5.41, 5.74) is 0.671. The van der Waals surface area contributed by atoms with Crippen molar-refractivity contribution in [2.24, 2.45) is 0 Å². The Balaban J connectivity index is 2.76. The first-order valence-corrected chi connectivity index (χ1v) is 6.60. The fourth-order valence-electron chi connectivity index (χ4n) is 1.42. The number of esters is 2. The molecule has 0 fully saturated rings. The fourth-order valence-corrected chi connectivity index (χ4v) is 1.83. The van der Waals surface area contributed by atoms with Crippen LogP contribution in [-0.4, -0.2) is 31.6 Å². The van der Waals surface area contributed by atoms with E-state index in [0.717, 1.165) is 0 Å². The monoisotopic (exact) mass is 343 g/mol. The van der Waals surface area contributed by atoms with Crippen LogP contribution in [0.25, 0.3) is 0 Å². The van der Waals surface area contributed by atoms with Crippen LogP contribution in [-0.2, 0) is 19.1 Å². The van der Waals surface area contributed by atoms with Crippen molar-refractivity contribution in [1.82, 2.24) is 0 Å². The molecule has 0 aromatic heterocycles. The largest absolute Gasteiger partial charge is 0.466 e. The summed E-state index contributed by atoms with van der Waals surface area (Å²) in [6, 6.07) is 4.66. The van der Waals surface area contributed by atoms with Crippen LogP contribution in [0.5, 0.6) is 0 Å². The van der Waals surface area contributed by atoms with E-state index in [9.17, 15) is 14.4 Å². The zero-order valence-electron chi connectivity index (χ0n) is 11.1. The van der Waals surface area contributed by atoms with Crippen LogP contribution in [0.4, 0.5) is 5.69 Å². The number of carbonyl (C=O) groups excluding carboxylic acids is 3. The van der Waals surface area contributed by atoms with Crippen LogP contribution in [0, 0.1) is 0 Å². The van der Waals surface area contributed by atoms with E-state index >= 15 is 0 Å². The molecule has 0 aliphatic carbocycles. The Labute approximate surface area is 124 Å². The van der Waals surface area contributed by atoms with Crippen molar-refractivity contribution < 1.29 is 23.9 Å².